The van der Waals surface area contributed by atoms with E-state index in [1.807, 2.05) is 18.4 Å². The number of aromatic nitrogens is 1. The van der Waals surface area contributed by atoms with Gasteiger partial charge in [0.25, 0.3) is 0 Å². The Balaban J connectivity index is 2.01. The Hall–Kier alpha value is -0.870. The van der Waals surface area contributed by atoms with E-state index in [4.69, 9.17) is 0 Å². The van der Waals surface area contributed by atoms with E-state index in [2.05, 4.69) is 34.7 Å². The summed E-state index contributed by atoms with van der Waals surface area (Å²) in [4.78, 5) is 7.29. The number of rotatable bonds is 4. The molecular formula is C11H14N2S2. The van der Waals surface area contributed by atoms with Crippen molar-refractivity contribution in [3.63, 3.8) is 0 Å². The number of thiophene rings is 1. The molecule has 2 aromatic rings. The third-order valence-corrected chi connectivity index (χ3v) is 4.46. The summed E-state index contributed by atoms with van der Waals surface area (Å²) >= 11 is 3.59. The molecule has 0 saturated carbocycles. The monoisotopic (exact) mass is 238 g/mol. The fourth-order valence-electron chi connectivity index (χ4n) is 1.46. The van der Waals surface area contributed by atoms with Gasteiger partial charge in [-0.25, -0.2) is 4.98 Å². The van der Waals surface area contributed by atoms with Crippen molar-refractivity contribution in [3.8, 4) is 0 Å². The number of aryl methyl sites for hydroxylation is 3. The minimum absolute atomic E-state index is 1.02. The Bertz CT molecular complexity index is 418. The quantitative estimate of drug-likeness (QED) is 0.883. The summed E-state index contributed by atoms with van der Waals surface area (Å²) in [5, 5.41) is 6.25. The van der Waals surface area contributed by atoms with Gasteiger partial charge in [-0.05, 0) is 31.2 Å². The number of nitrogens with one attached hydrogen (secondary N) is 1. The van der Waals surface area contributed by atoms with Crippen LogP contribution in [0.5, 0.6) is 0 Å². The molecule has 0 aliphatic carbocycles. The fraction of sp³-hybridized carbons (Fsp3) is 0.364. The highest BCUT2D eigenvalue weighted by Crippen LogP contribution is 2.24. The molecule has 0 unspecified atom stereocenters. The van der Waals surface area contributed by atoms with E-state index in [9.17, 15) is 0 Å². The van der Waals surface area contributed by atoms with Crippen molar-refractivity contribution in [2.45, 2.75) is 19.8 Å². The number of anilines is 1. The number of hydrogen-bond donors (Lipinski definition) is 1. The van der Waals surface area contributed by atoms with Crippen LogP contribution in [0.15, 0.2) is 17.5 Å². The standard InChI is InChI=1S/C11H14N2S2/c1-8-10(15-11(12-2)13-8)6-5-9-4-3-7-14-9/h3-4,7H,5-6H2,1-2H3,(H,12,13). The molecule has 15 heavy (non-hydrogen) atoms. The molecule has 0 spiro atoms. The summed E-state index contributed by atoms with van der Waals surface area (Å²) in [5.41, 5.74) is 1.17. The van der Waals surface area contributed by atoms with E-state index >= 15 is 0 Å². The predicted octanol–water partition coefficient (Wildman–Crippen LogP) is 3.34. The maximum absolute atomic E-state index is 4.44. The van der Waals surface area contributed by atoms with Crippen LogP contribution in [0.3, 0.4) is 0 Å². The average molecular weight is 238 g/mol. The SMILES string of the molecule is CNc1nc(C)c(CCc2cccs2)s1. The zero-order chi connectivity index (χ0) is 10.7. The summed E-state index contributed by atoms with van der Waals surface area (Å²) in [6.07, 6.45) is 2.23. The lowest BCUT2D eigenvalue weighted by molar-refractivity contribution is 0.982. The van der Waals surface area contributed by atoms with Crippen LogP contribution in [-0.4, -0.2) is 12.0 Å². The second kappa shape index (κ2) is 4.77. The van der Waals surface area contributed by atoms with Gasteiger partial charge in [-0.1, -0.05) is 6.07 Å². The van der Waals surface area contributed by atoms with Gasteiger partial charge in [-0.2, -0.15) is 0 Å². The van der Waals surface area contributed by atoms with Crippen LogP contribution in [0.4, 0.5) is 5.13 Å². The van der Waals surface area contributed by atoms with Crippen LogP contribution < -0.4 is 5.32 Å². The molecule has 0 atom stereocenters. The van der Waals surface area contributed by atoms with Crippen LogP contribution in [0.2, 0.25) is 0 Å². The van der Waals surface area contributed by atoms with Gasteiger partial charge >= 0.3 is 0 Å². The maximum Gasteiger partial charge on any atom is 0.182 e. The summed E-state index contributed by atoms with van der Waals surface area (Å²) in [7, 11) is 1.92. The molecule has 1 N–H and O–H groups in total. The Labute approximate surface area is 98.0 Å². The van der Waals surface area contributed by atoms with Gasteiger partial charge < -0.3 is 5.32 Å². The number of nitrogens with zero attached hydrogens (tertiary/aromatic N) is 1. The Kier molecular flexibility index (Phi) is 3.38. The molecule has 80 valence electrons. The third kappa shape index (κ3) is 2.58. The zero-order valence-corrected chi connectivity index (χ0v) is 10.5. The molecule has 0 aliphatic rings. The summed E-state index contributed by atoms with van der Waals surface area (Å²) < 4.78 is 0. The van der Waals surface area contributed by atoms with Gasteiger partial charge in [-0.15, -0.1) is 22.7 Å². The number of thiazole rings is 1. The molecule has 0 aliphatic heterocycles. The second-order valence-corrected chi connectivity index (χ2v) is 5.47. The largest absolute Gasteiger partial charge is 0.365 e. The second-order valence-electron chi connectivity index (χ2n) is 3.36. The molecule has 4 heteroatoms. The first-order valence-electron chi connectivity index (χ1n) is 4.96. The molecular weight excluding hydrogens is 224 g/mol. The van der Waals surface area contributed by atoms with Crippen molar-refractivity contribution in [3.05, 3.63) is 33.0 Å². The van der Waals surface area contributed by atoms with Crippen molar-refractivity contribution >= 4 is 27.8 Å². The molecule has 2 rings (SSSR count). The van der Waals surface area contributed by atoms with Gasteiger partial charge in [-0.3, -0.25) is 0 Å². The van der Waals surface area contributed by atoms with E-state index in [1.54, 1.807) is 11.3 Å². The lowest BCUT2D eigenvalue weighted by atomic mass is 10.2. The van der Waals surface area contributed by atoms with E-state index in [0.717, 1.165) is 18.0 Å². The molecule has 0 bridgehead atoms. The smallest absolute Gasteiger partial charge is 0.182 e. The topological polar surface area (TPSA) is 24.9 Å². The molecule has 0 radical (unpaired) electrons. The van der Waals surface area contributed by atoms with Gasteiger partial charge in [0, 0.05) is 16.8 Å². The number of hydrogen-bond acceptors (Lipinski definition) is 4. The first kappa shape index (κ1) is 10.6. The molecule has 0 amide bonds. The summed E-state index contributed by atoms with van der Waals surface area (Å²) in [6, 6.07) is 4.30. The van der Waals surface area contributed by atoms with Crippen LogP contribution in [0.1, 0.15) is 15.4 Å². The molecule has 0 aromatic carbocycles. The predicted molar refractivity (Wildman–Crippen MR) is 68.1 cm³/mol. The van der Waals surface area contributed by atoms with Gasteiger partial charge in [0.2, 0.25) is 0 Å². The Morgan fingerprint density at radius 2 is 2.27 bits per heavy atom. The zero-order valence-electron chi connectivity index (χ0n) is 8.91. The van der Waals surface area contributed by atoms with Gasteiger partial charge in [0.1, 0.15) is 0 Å². The van der Waals surface area contributed by atoms with Crippen molar-refractivity contribution < 1.29 is 0 Å². The highest BCUT2D eigenvalue weighted by molar-refractivity contribution is 7.15. The third-order valence-electron chi connectivity index (χ3n) is 2.29. The van der Waals surface area contributed by atoms with Crippen LogP contribution >= 0.6 is 22.7 Å². The first-order valence-corrected chi connectivity index (χ1v) is 6.65. The van der Waals surface area contributed by atoms with E-state index < -0.39 is 0 Å². The molecule has 2 nitrogen and oxygen atoms in total. The van der Waals surface area contributed by atoms with E-state index in [0.29, 0.717) is 0 Å². The minimum Gasteiger partial charge on any atom is -0.365 e. The van der Waals surface area contributed by atoms with Crippen molar-refractivity contribution in [1.82, 2.24) is 4.98 Å². The lowest BCUT2D eigenvalue weighted by Gasteiger charge is -1.95. The van der Waals surface area contributed by atoms with Crippen LogP contribution in [0.25, 0.3) is 0 Å². The van der Waals surface area contributed by atoms with Crippen molar-refractivity contribution in [2.75, 3.05) is 12.4 Å². The van der Waals surface area contributed by atoms with Crippen LogP contribution in [0, 0.1) is 6.92 Å². The summed E-state index contributed by atoms with van der Waals surface area (Å²) in [6.45, 7) is 2.08. The maximum atomic E-state index is 4.44. The minimum atomic E-state index is 1.02. The van der Waals surface area contributed by atoms with Gasteiger partial charge in [0.05, 0.1) is 5.69 Å². The lowest BCUT2D eigenvalue weighted by Crippen LogP contribution is -1.88. The van der Waals surface area contributed by atoms with Crippen LogP contribution in [-0.2, 0) is 12.8 Å². The molecule has 0 saturated heterocycles. The first-order chi connectivity index (χ1) is 7.29. The van der Waals surface area contributed by atoms with Gasteiger partial charge in [0.15, 0.2) is 5.13 Å². The average Bonchev–Trinajstić information content (AvgIpc) is 2.84. The molecule has 2 heterocycles. The normalized spacial score (nSPS) is 10.5. The van der Waals surface area contributed by atoms with E-state index in [-0.39, 0.29) is 0 Å². The molecule has 0 fully saturated rings. The highest BCUT2D eigenvalue weighted by Gasteiger charge is 2.06. The van der Waals surface area contributed by atoms with E-state index in [1.165, 1.54) is 15.4 Å². The van der Waals surface area contributed by atoms with Crippen molar-refractivity contribution in [1.29, 1.82) is 0 Å². The van der Waals surface area contributed by atoms with Crippen molar-refractivity contribution in [2.24, 2.45) is 0 Å². The Morgan fingerprint density at radius 3 is 2.87 bits per heavy atom. The highest BCUT2D eigenvalue weighted by atomic mass is 32.1. The fourth-order valence-corrected chi connectivity index (χ4v) is 3.08. The molecule has 2 aromatic heterocycles. The Morgan fingerprint density at radius 1 is 1.40 bits per heavy atom. The summed E-state index contributed by atoms with van der Waals surface area (Å²) in [5.74, 6) is 0.